The van der Waals surface area contributed by atoms with Gasteiger partial charge in [0.2, 0.25) is 5.89 Å². The van der Waals surface area contributed by atoms with Crippen molar-refractivity contribution in [1.29, 1.82) is 0 Å². The predicted octanol–water partition coefficient (Wildman–Crippen LogP) is 5.73. The number of ketones is 1. The molecule has 0 saturated heterocycles. The Balaban J connectivity index is 1.42. The maximum atomic E-state index is 12.8. The summed E-state index contributed by atoms with van der Waals surface area (Å²) in [7, 11) is 3.14. The Hall–Kier alpha value is -4.10. The number of hydrogen-bond donors (Lipinski definition) is 0. The van der Waals surface area contributed by atoms with Crippen LogP contribution in [0.1, 0.15) is 28.0 Å². The van der Waals surface area contributed by atoms with Crippen LogP contribution < -0.4 is 14.2 Å². The van der Waals surface area contributed by atoms with E-state index in [9.17, 15) is 4.79 Å². The predicted molar refractivity (Wildman–Crippen MR) is 131 cm³/mol. The quantitative estimate of drug-likeness (QED) is 0.192. The molecule has 3 aromatic carbocycles. The summed E-state index contributed by atoms with van der Waals surface area (Å²) < 4.78 is 27.6. The lowest BCUT2D eigenvalue weighted by Gasteiger charge is -2.11. The molecule has 0 aliphatic heterocycles. The highest BCUT2D eigenvalue weighted by atomic mass is 16.7. The third kappa shape index (κ3) is 6.28. The van der Waals surface area contributed by atoms with Crippen molar-refractivity contribution in [2.45, 2.75) is 19.4 Å². The van der Waals surface area contributed by atoms with Crippen LogP contribution in [-0.2, 0) is 17.8 Å². The first-order chi connectivity index (χ1) is 17.2. The van der Waals surface area contributed by atoms with E-state index in [1.807, 2.05) is 60.7 Å². The van der Waals surface area contributed by atoms with Gasteiger partial charge in [0.05, 0.1) is 18.4 Å². The summed E-state index contributed by atoms with van der Waals surface area (Å²) in [5, 5.41) is 0. The number of carbonyl (C=O) groups is 1. The number of oxazole rings is 1. The molecule has 0 N–H and O–H groups in total. The largest absolute Gasteiger partial charge is 0.493 e. The molecule has 0 fully saturated rings. The number of carbonyl (C=O) groups excluding carboxylic acids is 1. The van der Waals surface area contributed by atoms with Crippen LogP contribution in [0.3, 0.4) is 0 Å². The van der Waals surface area contributed by atoms with Crippen LogP contribution in [0.15, 0.2) is 83.5 Å². The molecule has 0 radical (unpaired) electrons. The van der Waals surface area contributed by atoms with Crippen LogP contribution in [0.2, 0.25) is 0 Å². The van der Waals surface area contributed by atoms with E-state index in [1.165, 1.54) is 7.11 Å². The van der Waals surface area contributed by atoms with Crippen molar-refractivity contribution in [3.8, 4) is 28.7 Å². The van der Waals surface area contributed by atoms with Gasteiger partial charge in [-0.3, -0.25) is 4.79 Å². The second-order valence-electron chi connectivity index (χ2n) is 7.75. The van der Waals surface area contributed by atoms with Gasteiger partial charge in [0.1, 0.15) is 18.6 Å². The first kappa shape index (κ1) is 24.0. The van der Waals surface area contributed by atoms with Gasteiger partial charge in [0.25, 0.3) is 0 Å². The van der Waals surface area contributed by atoms with Gasteiger partial charge < -0.3 is 23.4 Å². The fourth-order valence-corrected chi connectivity index (χ4v) is 3.53. The second kappa shape index (κ2) is 11.9. The first-order valence-corrected chi connectivity index (χ1v) is 11.2. The maximum absolute atomic E-state index is 12.8. The van der Waals surface area contributed by atoms with E-state index in [2.05, 4.69) is 4.98 Å². The van der Waals surface area contributed by atoms with Crippen LogP contribution in [0.25, 0.3) is 11.5 Å². The molecule has 35 heavy (non-hydrogen) atoms. The molecule has 0 unspecified atom stereocenters. The SMILES string of the molecule is COCOc1ccccc1C(=O)CCc1coc(-c2ccc(OC)c(OCc3ccccc3)c2)n1. The molecule has 180 valence electrons. The summed E-state index contributed by atoms with van der Waals surface area (Å²) >= 11 is 0. The molecule has 0 atom stereocenters. The average Bonchev–Trinajstić information content (AvgIpc) is 3.39. The molecule has 0 spiro atoms. The van der Waals surface area contributed by atoms with E-state index in [1.54, 1.807) is 25.5 Å². The zero-order valence-corrected chi connectivity index (χ0v) is 19.7. The third-order valence-electron chi connectivity index (χ3n) is 5.33. The molecule has 0 aliphatic carbocycles. The lowest BCUT2D eigenvalue weighted by Crippen LogP contribution is -2.07. The molecular weight excluding hydrogens is 446 g/mol. The number of Topliss-reactive ketones (excluding diaryl/α,β-unsaturated/α-hetero) is 1. The normalized spacial score (nSPS) is 10.7. The number of aromatic nitrogens is 1. The van der Waals surface area contributed by atoms with Crippen LogP contribution in [0.5, 0.6) is 17.2 Å². The summed E-state index contributed by atoms with van der Waals surface area (Å²) in [5.74, 6) is 2.13. The molecule has 7 heteroatoms. The number of aryl methyl sites for hydroxylation is 1. The van der Waals surface area contributed by atoms with Crippen molar-refractivity contribution in [3.63, 3.8) is 0 Å². The molecule has 7 nitrogen and oxygen atoms in total. The summed E-state index contributed by atoms with van der Waals surface area (Å²) in [6.45, 7) is 0.491. The first-order valence-electron chi connectivity index (χ1n) is 11.2. The van der Waals surface area contributed by atoms with E-state index in [0.717, 1.165) is 11.1 Å². The van der Waals surface area contributed by atoms with Crippen molar-refractivity contribution in [2.24, 2.45) is 0 Å². The fraction of sp³-hybridized carbons (Fsp3) is 0.214. The third-order valence-corrected chi connectivity index (χ3v) is 5.33. The van der Waals surface area contributed by atoms with Crippen molar-refractivity contribution < 1.29 is 28.2 Å². The molecule has 0 bridgehead atoms. The van der Waals surface area contributed by atoms with Crippen LogP contribution >= 0.6 is 0 Å². The maximum Gasteiger partial charge on any atom is 0.226 e. The minimum Gasteiger partial charge on any atom is -0.493 e. The van der Waals surface area contributed by atoms with Crippen LogP contribution in [0, 0.1) is 0 Å². The van der Waals surface area contributed by atoms with Gasteiger partial charge in [-0.15, -0.1) is 0 Å². The number of benzene rings is 3. The minimum atomic E-state index is -0.0395. The Bertz CT molecular complexity index is 1250. The Kier molecular flexibility index (Phi) is 8.14. The fourth-order valence-electron chi connectivity index (χ4n) is 3.53. The lowest BCUT2D eigenvalue weighted by molar-refractivity contribution is 0.0502. The topological polar surface area (TPSA) is 80.0 Å². The van der Waals surface area contributed by atoms with Gasteiger partial charge in [-0.2, -0.15) is 0 Å². The van der Waals surface area contributed by atoms with Crippen molar-refractivity contribution in [2.75, 3.05) is 21.0 Å². The Morgan fingerprint density at radius 1 is 0.886 bits per heavy atom. The lowest BCUT2D eigenvalue weighted by atomic mass is 10.0. The molecule has 1 heterocycles. The number of ether oxygens (including phenoxy) is 4. The monoisotopic (exact) mass is 473 g/mol. The Morgan fingerprint density at radius 2 is 1.69 bits per heavy atom. The Morgan fingerprint density at radius 3 is 2.49 bits per heavy atom. The number of methoxy groups -OCH3 is 2. The van der Waals surface area contributed by atoms with Gasteiger partial charge >= 0.3 is 0 Å². The number of rotatable bonds is 12. The molecule has 0 aliphatic rings. The molecule has 4 aromatic rings. The van der Waals surface area contributed by atoms with Gasteiger partial charge in [-0.05, 0) is 35.9 Å². The summed E-state index contributed by atoms with van der Waals surface area (Å²) in [6, 6.07) is 22.5. The zero-order valence-electron chi connectivity index (χ0n) is 19.7. The van der Waals surface area contributed by atoms with Crippen molar-refractivity contribution >= 4 is 5.78 Å². The van der Waals surface area contributed by atoms with Gasteiger partial charge in [0.15, 0.2) is 24.1 Å². The Labute approximate surface area is 204 Å². The van der Waals surface area contributed by atoms with E-state index in [-0.39, 0.29) is 19.0 Å². The number of nitrogens with zero attached hydrogens (tertiary/aromatic N) is 1. The van der Waals surface area contributed by atoms with Gasteiger partial charge in [-0.25, -0.2) is 4.98 Å². The van der Waals surface area contributed by atoms with Crippen molar-refractivity contribution in [1.82, 2.24) is 4.98 Å². The number of hydrogen-bond acceptors (Lipinski definition) is 7. The zero-order chi connectivity index (χ0) is 24.5. The van der Waals surface area contributed by atoms with E-state index in [0.29, 0.717) is 47.4 Å². The molecule has 4 rings (SSSR count). The summed E-state index contributed by atoms with van der Waals surface area (Å²) in [4.78, 5) is 17.3. The summed E-state index contributed by atoms with van der Waals surface area (Å²) in [5.41, 5.74) is 3.01. The standard InChI is InChI=1S/C28H27NO6/c1-31-19-35-25-11-7-6-10-23(25)24(30)14-13-22-18-34-28(29-22)21-12-15-26(32-2)27(16-21)33-17-20-8-4-3-5-9-20/h3-12,15-16,18H,13-14,17,19H2,1-2H3. The van der Waals surface area contributed by atoms with E-state index < -0.39 is 0 Å². The molecule has 1 aromatic heterocycles. The van der Waals surface area contributed by atoms with Gasteiger partial charge in [0, 0.05) is 25.5 Å². The smallest absolute Gasteiger partial charge is 0.226 e. The highest BCUT2D eigenvalue weighted by Gasteiger charge is 2.15. The highest BCUT2D eigenvalue weighted by Crippen LogP contribution is 2.33. The summed E-state index contributed by atoms with van der Waals surface area (Å²) in [6.07, 6.45) is 2.28. The van der Waals surface area contributed by atoms with Gasteiger partial charge in [-0.1, -0.05) is 42.5 Å². The molecule has 0 amide bonds. The number of para-hydroxylation sites is 1. The van der Waals surface area contributed by atoms with Crippen LogP contribution in [-0.4, -0.2) is 31.8 Å². The molecular formula is C28H27NO6. The average molecular weight is 474 g/mol. The molecule has 0 saturated carbocycles. The minimum absolute atomic E-state index is 0.0395. The van der Waals surface area contributed by atoms with E-state index in [4.69, 9.17) is 23.4 Å². The van der Waals surface area contributed by atoms with Crippen molar-refractivity contribution in [3.05, 3.63) is 95.9 Å². The van der Waals surface area contributed by atoms with Crippen LogP contribution in [0.4, 0.5) is 0 Å². The highest BCUT2D eigenvalue weighted by molar-refractivity contribution is 5.98. The second-order valence-corrected chi connectivity index (χ2v) is 7.75. The van der Waals surface area contributed by atoms with E-state index >= 15 is 0 Å².